The number of nitrogens with zero attached hydrogens (tertiary/aromatic N) is 2. The summed E-state index contributed by atoms with van der Waals surface area (Å²) < 4.78 is 2.01. The minimum Gasteiger partial charge on any atom is -0.310 e. The molecule has 0 saturated heterocycles. The highest BCUT2D eigenvalue weighted by molar-refractivity contribution is 8.03. The van der Waals surface area contributed by atoms with Gasteiger partial charge in [-0.15, -0.1) is 10.2 Å². The first-order chi connectivity index (χ1) is 9.17. The molecule has 1 aromatic carbocycles. The van der Waals surface area contributed by atoms with Gasteiger partial charge in [-0.3, -0.25) is 0 Å². The highest BCUT2D eigenvalue weighted by Crippen LogP contribution is 2.32. The molecular weight excluding hydrogens is 294 g/mol. The molecule has 0 atom stereocenters. The molecule has 0 unspecified atom stereocenters. The van der Waals surface area contributed by atoms with Crippen LogP contribution >= 0.6 is 34.9 Å². The summed E-state index contributed by atoms with van der Waals surface area (Å²) in [6.45, 7) is 5.23. The van der Waals surface area contributed by atoms with Crippen LogP contribution in [-0.2, 0) is 6.54 Å². The van der Waals surface area contributed by atoms with E-state index >= 15 is 0 Å². The second kappa shape index (κ2) is 7.28. The summed E-state index contributed by atoms with van der Waals surface area (Å²) in [5.41, 5.74) is 1.31. The smallest absolute Gasteiger partial charge is 0.179 e. The Morgan fingerprint density at radius 3 is 2.42 bits per heavy atom. The van der Waals surface area contributed by atoms with Gasteiger partial charge in [0.2, 0.25) is 0 Å². The highest BCUT2D eigenvalue weighted by atomic mass is 32.2. The monoisotopic (exact) mass is 311 g/mol. The lowest BCUT2D eigenvalue weighted by atomic mass is 10.2. The van der Waals surface area contributed by atoms with Crippen LogP contribution in [0, 0.1) is 0 Å². The van der Waals surface area contributed by atoms with E-state index in [1.807, 2.05) is 6.26 Å². The van der Waals surface area contributed by atoms with Crippen LogP contribution in [0.5, 0.6) is 0 Å². The second-order valence-electron chi connectivity index (χ2n) is 4.32. The first-order valence-electron chi connectivity index (χ1n) is 6.05. The van der Waals surface area contributed by atoms with Crippen molar-refractivity contribution >= 4 is 34.9 Å². The number of thioether (sulfide) groups is 1. The Balaban J connectivity index is 1.94. The van der Waals surface area contributed by atoms with E-state index < -0.39 is 0 Å². The maximum Gasteiger partial charge on any atom is 0.179 e. The average Bonchev–Trinajstić information content (AvgIpc) is 2.85. The molecule has 2 aromatic rings. The van der Waals surface area contributed by atoms with Crippen LogP contribution in [0.2, 0.25) is 0 Å². The maximum atomic E-state index is 4.16. The molecule has 0 spiro atoms. The van der Waals surface area contributed by atoms with Gasteiger partial charge in [-0.2, -0.15) is 0 Å². The molecule has 19 heavy (non-hydrogen) atoms. The summed E-state index contributed by atoms with van der Waals surface area (Å²) in [6, 6.07) is 9.12. The Morgan fingerprint density at radius 2 is 1.84 bits per heavy atom. The van der Waals surface area contributed by atoms with Gasteiger partial charge in [0.15, 0.2) is 8.68 Å². The molecule has 3 nitrogen and oxygen atoms in total. The maximum absolute atomic E-state index is 4.16. The van der Waals surface area contributed by atoms with E-state index in [9.17, 15) is 0 Å². The SMILES string of the molecule is CSc1nnc(Sc2ccc(CNC(C)C)cc2)s1. The fourth-order valence-corrected chi connectivity index (χ4v) is 3.83. The highest BCUT2D eigenvalue weighted by Gasteiger charge is 2.05. The number of nitrogens with one attached hydrogen (secondary N) is 1. The average molecular weight is 312 g/mol. The number of benzene rings is 1. The van der Waals surface area contributed by atoms with E-state index in [2.05, 4.69) is 53.6 Å². The van der Waals surface area contributed by atoms with Gasteiger partial charge in [-0.25, -0.2) is 0 Å². The summed E-state index contributed by atoms with van der Waals surface area (Å²) >= 11 is 4.94. The third-order valence-corrected chi connectivity index (χ3v) is 5.36. The minimum absolute atomic E-state index is 0.514. The Morgan fingerprint density at radius 1 is 1.16 bits per heavy atom. The third kappa shape index (κ3) is 4.80. The molecule has 0 aliphatic carbocycles. The molecule has 0 saturated carbocycles. The zero-order valence-corrected chi connectivity index (χ0v) is 13.7. The van der Waals surface area contributed by atoms with Crippen molar-refractivity contribution in [2.24, 2.45) is 0 Å². The lowest BCUT2D eigenvalue weighted by Gasteiger charge is -2.08. The number of hydrogen-bond donors (Lipinski definition) is 1. The molecule has 2 rings (SSSR count). The van der Waals surface area contributed by atoms with Crippen molar-refractivity contribution in [3.8, 4) is 0 Å². The van der Waals surface area contributed by atoms with Crippen LogP contribution in [0.15, 0.2) is 37.8 Å². The Kier molecular flexibility index (Phi) is 5.69. The van der Waals surface area contributed by atoms with Crippen LogP contribution in [-0.4, -0.2) is 22.5 Å². The molecule has 0 aliphatic heterocycles. The molecule has 0 fully saturated rings. The van der Waals surface area contributed by atoms with Gasteiger partial charge in [-0.1, -0.05) is 60.8 Å². The molecule has 0 amide bonds. The largest absolute Gasteiger partial charge is 0.310 e. The quantitative estimate of drug-likeness (QED) is 0.819. The minimum atomic E-state index is 0.514. The Labute approximate surface area is 126 Å². The molecule has 1 N–H and O–H groups in total. The molecule has 1 aromatic heterocycles. The normalized spacial score (nSPS) is 11.2. The Hall–Kier alpha value is -0.560. The first-order valence-corrected chi connectivity index (χ1v) is 8.91. The van der Waals surface area contributed by atoms with Gasteiger partial charge < -0.3 is 5.32 Å². The van der Waals surface area contributed by atoms with Crippen molar-refractivity contribution < 1.29 is 0 Å². The van der Waals surface area contributed by atoms with Crippen molar-refractivity contribution in [3.63, 3.8) is 0 Å². The fourth-order valence-electron chi connectivity index (χ4n) is 1.42. The van der Waals surface area contributed by atoms with Crippen molar-refractivity contribution in [2.45, 2.75) is 40.0 Å². The summed E-state index contributed by atoms with van der Waals surface area (Å²) in [7, 11) is 0. The fraction of sp³-hybridized carbons (Fsp3) is 0.385. The van der Waals surface area contributed by atoms with E-state index in [0.29, 0.717) is 6.04 Å². The van der Waals surface area contributed by atoms with Gasteiger partial charge in [0.05, 0.1) is 0 Å². The number of rotatable bonds is 6. The predicted molar refractivity (Wildman–Crippen MR) is 84.2 cm³/mol. The van der Waals surface area contributed by atoms with Crippen LogP contribution < -0.4 is 5.32 Å². The lowest BCUT2D eigenvalue weighted by Crippen LogP contribution is -2.21. The molecule has 0 bridgehead atoms. The van der Waals surface area contributed by atoms with Gasteiger partial charge in [0, 0.05) is 17.5 Å². The topological polar surface area (TPSA) is 37.8 Å². The summed E-state index contributed by atoms with van der Waals surface area (Å²) in [4.78, 5) is 1.21. The zero-order chi connectivity index (χ0) is 13.7. The third-order valence-electron chi connectivity index (χ3n) is 2.41. The number of aromatic nitrogens is 2. The van der Waals surface area contributed by atoms with Gasteiger partial charge in [0.25, 0.3) is 0 Å². The molecule has 1 heterocycles. The van der Waals surface area contributed by atoms with Gasteiger partial charge >= 0.3 is 0 Å². The van der Waals surface area contributed by atoms with Crippen molar-refractivity contribution in [2.75, 3.05) is 6.26 Å². The van der Waals surface area contributed by atoms with E-state index in [1.165, 1.54) is 10.5 Å². The van der Waals surface area contributed by atoms with E-state index in [0.717, 1.165) is 15.2 Å². The van der Waals surface area contributed by atoms with Crippen molar-refractivity contribution in [1.82, 2.24) is 15.5 Å². The molecular formula is C13H17N3S3. The Bertz CT molecular complexity index is 508. The van der Waals surface area contributed by atoms with Crippen LogP contribution in [0.25, 0.3) is 0 Å². The van der Waals surface area contributed by atoms with Gasteiger partial charge in [-0.05, 0) is 24.0 Å². The van der Waals surface area contributed by atoms with E-state index in [-0.39, 0.29) is 0 Å². The van der Waals surface area contributed by atoms with Crippen molar-refractivity contribution in [3.05, 3.63) is 29.8 Å². The van der Waals surface area contributed by atoms with E-state index in [4.69, 9.17) is 0 Å². The number of hydrogen-bond acceptors (Lipinski definition) is 6. The second-order valence-corrected chi connectivity index (χ2v) is 7.67. The molecule has 6 heteroatoms. The van der Waals surface area contributed by atoms with Crippen LogP contribution in [0.1, 0.15) is 19.4 Å². The summed E-state index contributed by atoms with van der Waals surface area (Å²) in [5, 5.41) is 11.7. The molecule has 102 valence electrons. The van der Waals surface area contributed by atoms with Crippen LogP contribution in [0.3, 0.4) is 0 Å². The summed E-state index contributed by atoms with van der Waals surface area (Å²) in [5.74, 6) is 0. The van der Waals surface area contributed by atoms with E-state index in [1.54, 1.807) is 34.9 Å². The molecule has 0 radical (unpaired) electrons. The first kappa shape index (κ1) is 14.8. The molecule has 0 aliphatic rings. The predicted octanol–water partition coefficient (Wildman–Crippen LogP) is 3.91. The zero-order valence-electron chi connectivity index (χ0n) is 11.2. The van der Waals surface area contributed by atoms with Crippen LogP contribution in [0.4, 0.5) is 0 Å². The standard InChI is InChI=1S/C13H17N3S3/c1-9(2)14-8-10-4-6-11(7-5-10)18-13-16-15-12(17-3)19-13/h4-7,9,14H,8H2,1-3H3. The van der Waals surface area contributed by atoms with Crippen molar-refractivity contribution in [1.29, 1.82) is 0 Å². The summed E-state index contributed by atoms with van der Waals surface area (Å²) in [6.07, 6.45) is 2.02. The van der Waals surface area contributed by atoms with Gasteiger partial charge in [0.1, 0.15) is 0 Å². The lowest BCUT2D eigenvalue weighted by molar-refractivity contribution is 0.588.